The van der Waals surface area contributed by atoms with Crippen molar-refractivity contribution in [3.05, 3.63) is 12.2 Å². The summed E-state index contributed by atoms with van der Waals surface area (Å²) in [6.07, 6.45) is 2.33. The van der Waals surface area contributed by atoms with Crippen molar-refractivity contribution in [2.75, 3.05) is 20.8 Å². The Morgan fingerprint density at radius 3 is 2.79 bits per heavy atom. The fourth-order valence-electron chi connectivity index (χ4n) is 2.06. The molecule has 6 nitrogen and oxygen atoms in total. The normalized spacial score (nSPS) is 12.8. The molecule has 1 unspecified atom stereocenters. The van der Waals surface area contributed by atoms with Crippen molar-refractivity contribution < 1.29 is 9.47 Å². The third-order valence-corrected chi connectivity index (χ3v) is 3.25. The number of rotatable bonds is 6. The molecular weight excluding hydrogens is 268 g/mol. The summed E-state index contributed by atoms with van der Waals surface area (Å²) in [5, 5.41) is 0. The average molecular weight is 285 g/mol. The molecule has 0 aliphatic rings. The summed E-state index contributed by atoms with van der Waals surface area (Å²) in [6, 6.07) is 0.193. The number of alkyl halides is 1. The van der Waals surface area contributed by atoms with Crippen molar-refractivity contribution in [2.24, 2.45) is 0 Å². The number of imidazole rings is 1. The van der Waals surface area contributed by atoms with Gasteiger partial charge < -0.3 is 14.0 Å². The SMILES string of the molecule is COCCC(C)n1c(CCl)nc2c(OC)ncnc21. The maximum Gasteiger partial charge on any atom is 0.245 e. The monoisotopic (exact) mass is 284 g/mol. The molecule has 7 heteroatoms. The first-order valence-electron chi connectivity index (χ1n) is 6.03. The maximum absolute atomic E-state index is 5.97. The average Bonchev–Trinajstić information content (AvgIpc) is 2.83. The van der Waals surface area contributed by atoms with Crippen molar-refractivity contribution in [1.82, 2.24) is 19.5 Å². The first-order valence-corrected chi connectivity index (χ1v) is 6.57. The second kappa shape index (κ2) is 6.16. The van der Waals surface area contributed by atoms with Gasteiger partial charge in [-0.2, -0.15) is 4.98 Å². The van der Waals surface area contributed by atoms with Crippen LogP contribution in [0.3, 0.4) is 0 Å². The summed E-state index contributed by atoms with van der Waals surface area (Å²) in [4.78, 5) is 12.8. The molecule has 19 heavy (non-hydrogen) atoms. The number of hydrogen-bond acceptors (Lipinski definition) is 5. The Balaban J connectivity index is 2.51. The fourth-order valence-corrected chi connectivity index (χ4v) is 2.25. The van der Waals surface area contributed by atoms with Crippen LogP contribution in [0.25, 0.3) is 11.2 Å². The van der Waals surface area contributed by atoms with Gasteiger partial charge in [-0.25, -0.2) is 9.97 Å². The number of halogens is 1. The van der Waals surface area contributed by atoms with Gasteiger partial charge in [0.2, 0.25) is 5.88 Å². The second-order valence-electron chi connectivity index (χ2n) is 4.22. The van der Waals surface area contributed by atoms with Gasteiger partial charge in [-0.3, -0.25) is 0 Å². The molecule has 0 radical (unpaired) electrons. The second-order valence-corrected chi connectivity index (χ2v) is 4.48. The Bertz CT molecular complexity index is 558. The van der Waals surface area contributed by atoms with Crippen LogP contribution in [0.15, 0.2) is 6.33 Å². The lowest BCUT2D eigenvalue weighted by Crippen LogP contribution is -2.11. The van der Waals surface area contributed by atoms with E-state index in [1.165, 1.54) is 6.33 Å². The molecule has 0 aromatic carbocycles. The van der Waals surface area contributed by atoms with Crippen molar-refractivity contribution in [2.45, 2.75) is 25.3 Å². The van der Waals surface area contributed by atoms with E-state index < -0.39 is 0 Å². The van der Waals surface area contributed by atoms with Crippen LogP contribution >= 0.6 is 11.6 Å². The van der Waals surface area contributed by atoms with E-state index in [4.69, 9.17) is 21.1 Å². The van der Waals surface area contributed by atoms with E-state index in [1.807, 2.05) is 4.57 Å². The Kier molecular flexibility index (Phi) is 4.55. The molecule has 0 amide bonds. The quantitative estimate of drug-likeness (QED) is 0.761. The number of fused-ring (bicyclic) bond motifs is 1. The highest BCUT2D eigenvalue weighted by atomic mass is 35.5. The van der Waals surface area contributed by atoms with E-state index in [0.29, 0.717) is 23.9 Å². The zero-order valence-electron chi connectivity index (χ0n) is 11.3. The lowest BCUT2D eigenvalue weighted by molar-refractivity contribution is 0.181. The Morgan fingerprint density at radius 2 is 2.16 bits per heavy atom. The Morgan fingerprint density at radius 1 is 1.37 bits per heavy atom. The highest BCUT2D eigenvalue weighted by Crippen LogP contribution is 2.26. The summed E-state index contributed by atoms with van der Waals surface area (Å²) in [7, 11) is 3.25. The largest absolute Gasteiger partial charge is 0.479 e. The van der Waals surface area contributed by atoms with Crippen LogP contribution in [-0.2, 0) is 10.6 Å². The van der Waals surface area contributed by atoms with Gasteiger partial charge in [0.1, 0.15) is 12.2 Å². The molecule has 0 spiro atoms. The number of aromatic nitrogens is 4. The zero-order valence-corrected chi connectivity index (χ0v) is 12.0. The lowest BCUT2D eigenvalue weighted by atomic mass is 10.2. The van der Waals surface area contributed by atoms with Crippen molar-refractivity contribution in [3.63, 3.8) is 0 Å². The number of ether oxygens (including phenoxy) is 2. The van der Waals surface area contributed by atoms with Gasteiger partial charge in [0, 0.05) is 19.8 Å². The number of nitrogens with zero attached hydrogens (tertiary/aromatic N) is 4. The van der Waals surface area contributed by atoms with Crippen molar-refractivity contribution >= 4 is 22.8 Å². The van der Waals surface area contributed by atoms with Gasteiger partial charge in [0.25, 0.3) is 0 Å². The minimum absolute atomic E-state index is 0.193. The minimum atomic E-state index is 0.193. The van der Waals surface area contributed by atoms with Gasteiger partial charge in [-0.05, 0) is 13.3 Å². The molecule has 2 heterocycles. The number of hydrogen-bond donors (Lipinski definition) is 0. The van der Waals surface area contributed by atoms with Crippen LogP contribution < -0.4 is 4.74 Å². The summed E-state index contributed by atoms with van der Waals surface area (Å²) in [5.74, 6) is 1.55. The van der Waals surface area contributed by atoms with Crippen LogP contribution in [0.4, 0.5) is 0 Å². The van der Waals surface area contributed by atoms with Gasteiger partial charge >= 0.3 is 0 Å². The molecule has 0 N–H and O–H groups in total. The molecule has 0 saturated heterocycles. The molecule has 1 atom stereocenters. The van der Waals surface area contributed by atoms with Gasteiger partial charge in [0.15, 0.2) is 11.2 Å². The molecule has 2 rings (SSSR count). The minimum Gasteiger partial charge on any atom is -0.479 e. The Hall–Kier alpha value is -1.40. The van der Waals surface area contributed by atoms with Crippen LogP contribution in [-0.4, -0.2) is 40.3 Å². The van der Waals surface area contributed by atoms with Gasteiger partial charge in [0.05, 0.1) is 13.0 Å². The topological polar surface area (TPSA) is 62.1 Å². The molecule has 0 saturated carbocycles. The van der Waals surface area contributed by atoms with Crippen molar-refractivity contribution in [3.8, 4) is 5.88 Å². The van der Waals surface area contributed by atoms with E-state index in [9.17, 15) is 0 Å². The third kappa shape index (κ3) is 2.64. The van der Waals surface area contributed by atoms with Gasteiger partial charge in [-0.1, -0.05) is 0 Å². The van der Waals surface area contributed by atoms with E-state index in [-0.39, 0.29) is 6.04 Å². The lowest BCUT2D eigenvalue weighted by Gasteiger charge is -2.15. The van der Waals surface area contributed by atoms with E-state index in [1.54, 1.807) is 14.2 Å². The molecule has 0 bridgehead atoms. The summed E-state index contributed by atoms with van der Waals surface area (Å²) in [5.41, 5.74) is 1.39. The smallest absolute Gasteiger partial charge is 0.245 e. The van der Waals surface area contributed by atoms with Crippen LogP contribution in [0.5, 0.6) is 5.88 Å². The number of methoxy groups -OCH3 is 2. The van der Waals surface area contributed by atoms with Crippen LogP contribution in [0, 0.1) is 0 Å². The fraction of sp³-hybridized carbons (Fsp3) is 0.583. The standard InChI is InChI=1S/C12H17ClN4O2/c1-8(4-5-18-2)17-9(6-13)16-10-11(17)14-7-15-12(10)19-3/h7-8H,4-6H2,1-3H3. The first kappa shape index (κ1) is 14.0. The highest BCUT2D eigenvalue weighted by molar-refractivity contribution is 6.16. The maximum atomic E-state index is 5.97. The zero-order chi connectivity index (χ0) is 13.8. The van der Waals surface area contributed by atoms with Crippen LogP contribution in [0.2, 0.25) is 0 Å². The molecule has 0 aliphatic carbocycles. The predicted molar refractivity (Wildman–Crippen MR) is 72.6 cm³/mol. The molecule has 0 fully saturated rings. The van der Waals surface area contributed by atoms with Crippen LogP contribution in [0.1, 0.15) is 25.2 Å². The molecular formula is C12H17ClN4O2. The predicted octanol–water partition coefficient (Wildman–Crippen LogP) is 2.17. The summed E-state index contributed by atoms with van der Waals surface area (Å²) < 4.78 is 12.3. The highest BCUT2D eigenvalue weighted by Gasteiger charge is 2.19. The molecule has 104 valence electrons. The van der Waals surface area contributed by atoms with Gasteiger partial charge in [-0.15, -0.1) is 11.6 Å². The summed E-state index contributed by atoms with van der Waals surface area (Å²) >= 11 is 5.97. The third-order valence-electron chi connectivity index (χ3n) is 3.01. The Labute approximate surface area is 116 Å². The summed E-state index contributed by atoms with van der Waals surface area (Å²) in [6.45, 7) is 2.76. The van der Waals surface area contributed by atoms with Crippen molar-refractivity contribution in [1.29, 1.82) is 0 Å². The molecule has 2 aromatic rings. The first-order chi connectivity index (χ1) is 9.22. The molecule has 0 aliphatic heterocycles. The van der Waals surface area contributed by atoms with E-state index in [0.717, 1.165) is 17.9 Å². The molecule has 2 aromatic heterocycles. The van der Waals surface area contributed by atoms with E-state index >= 15 is 0 Å². The van der Waals surface area contributed by atoms with E-state index in [2.05, 4.69) is 21.9 Å².